The lowest BCUT2D eigenvalue weighted by atomic mass is 10.2. The number of carbonyl (C=O) groups excluding carboxylic acids is 1. The highest BCUT2D eigenvalue weighted by Crippen LogP contribution is 2.42. The second kappa shape index (κ2) is 7.05. The molecule has 1 aliphatic carbocycles. The first-order valence-corrected chi connectivity index (χ1v) is 8.37. The number of hydrogen-bond acceptors (Lipinski definition) is 4. The molecule has 2 aromatic heterocycles. The second-order valence-corrected chi connectivity index (χ2v) is 6.39. The summed E-state index contributed by atoms with van der Waals surface area (Å²) in [6.45, 7) is 0.383. The van der Waals surface area contributed by atoms with Crippen LogP contribution in [0.1, 0.15) is 57.4 Å². The zero-order valence-corrected chi connectivity index (χ0v) is 14.5. The Morgan fingerprint density at radius 3 is 2.67 bits per heavy atom. The van der Waals surface area contributed by atoms with Crippen molar-refractivity contribution in [1.29, 1.82) is 0 Å². The highest BCUT2D eigenvalue weighted by atomic mass is 19.4. The predicted octanol–water partition coefficient (Wildman–Crippen LogP) is 2.03. The van der Waals surface area contributed by atoms with Crippen molar-refractivity contribution in [2.24, 2.45) is 7.05 Å². The van der Waals surface area contributed by atoms with E-state index in [1.54, 1.807) is 0 Å². The van der Waals surface area contributed by atoms with Gasteiger partial charge in [-0.15, -0.1) is 0 Å². The van der Waals surface area contributed by atoms with E-state index >= 15 is 0 Å². The lowest BCUT2D eigenvalue weighted by molar-refractivity contribution is -0.141. The van der Waals surface area contributed by atoms with Crippen molar-refractivity contribution in [2.45, 2.75) is 37.9 Å². The molecule has 1 saturated carbocycles. The van der Waals surface area contributed by atoms with Crippen LogP contribution in [0.4, 0.5) is 13.2 Å². The molecule has 0 spiro atoms. The third-order valence-electron chi connectivity index (χ3n) is 4.31. The molecule has 0 aromatic carbocycles. The van der Waals surface area contributed by atoms with E-state index in [-0.39, 0.29) is 30.3 Å². The van der Waals surface area contributed by atoms with Crippen LogP contribution in [0.5, 0.6) is 0 Å². The molecule has 3 rings (SSSR count). The van der Waals surface area contributed by atoms with Gasteiger partial charge in [-0.05, 0) is 25.3 Å². The van der Waals surface area contributed by atoms with Gasteiger partial charge in [-0.3, -0.25) is 14.2 Å². The Morgan fingerprint density at radius 1 is 1.37 bits per heavy atom. The van der Waals surface area contributed by atoms with Crippen LogP contribution in [0, 0.1) is 0 Å². The van der Waals surface area contributed by atoms with Gasteiger partial charge in [0, 0.05) is 31.7 Å². The largest absolute Gasteiger partial charge is 0.478 e. The van der Waals surface area contributed by atoms with Crippen LogP contribution in [0.25, 0.3) is 0 Å². The molecule has 0 unspecified atom stereocenters. The molecular formula is C16H18F3N5O3. The van der Waals surface area contributed by atoms with Gasteiger partial charge in [0.2, 0.25) is 0 Å². The van der Waals surface area contributed by atoms with Crippen molar-refractivity contribution in [2.75, 3.05) is 6.54 Å². The number of halogens is 3. The maximum atomic E-state index is 12.9. The van der Waals surface area contributed by atoms with Gasteiger partial charge in [0.15, 0.2) is 5.69 Å². The fraction of sp³-hybridized carbons (Fsp3) is 0.500. The fourth-order valence-electron chi connectivity index (χ4n) is 2.83. The molecule has 1 fully saturated rings. The highest BCUT2D eigenvalue weighted by Gasteiger charge is 2.37. The number of nitrogens with zero attached hydrogens (tertiary/aromatic N) is 4. The topological polar surface area (TPSA) is 102 Å². The summed E-state index contributed by atoms with van der Waals surface area (Å²) in [5.41, 5.74) is -0.643. The van der Waals surface area contributed by atoms with E-state index in [1.165, 1.54) is 11.7 Å². The maximum absolute atomic E-state index is 12.9. The molecule has 8 nitrogen and oxygen atoms in total. The Morgan fingerprint density at radius 2 is 2.07 bits per heavy atom. The van der Waals surface area contributed by atoms with Gasteiger partial charge in [-0.1, -0.05) is 0 Å². The fourth-order valence-corrected chi connectivity index (χ4v) is 2.83. The molecule has 0 radical (unpaired) electrons. The number of amides is 1. The number of aromatic carboxylic acids is 1. The summed E-state index contributed by atoms with van der Waals surface area (Å²) in [5, 5.41) is 19.0. The summed E-state index contributed by atoms with van der Waals surface area (Å²) in [5.74, 6) is -1.76. The van der Waals surface area contributed by atoms with E-state index < -0.39 is 23.7 Å². The van der Waals surface area contributed by atoms with Crippen molar-refractivity contribution < 1.29 is 27.9 Å². The molecule has 1 amide bonds. The van der Waals surface area contributed by atoms with Crippen LogP contribution in [-0.2, 0) is 19.8 Å². The second-order valence-electron chi connectivity index (χ2n) is 6.39. The number of carboxylic acids is 1. The van der Waals surface area contributed by atoms with Crippen molar-refractivity contribution in [3.05, 3.63) is 34.9 Å². The zero-order valence-electron chi connectivity index (χ0n) is 14.5. The van der Waals surface area contributed by atoms with Crippen molar-refractivity contribution in [3.63, 3.8) is 0 Å². The van der Waals surface area contributed by atoms with Gasteiger partial charge in [-0.2, -0.15) is 23.4 Å². The van der Waals surface area contributed by atoms with Gasteiger partial charge < -0.3 is 10.4 Å². The van der Waals surface area contributed by atoms with Gasteiger partial charge in [-0.25, -0.2) is 4.79 Å². The van der Waals surface area contributed by atoms with E-state index in [0.29, 0.717) is 12.1 Å². The van der Waals surface area contributed by atoms with E-state index in [2.05, 4.69) is 15.5 Å². The van der Waals surface area contributed by atoms with E-state index in [1.807, 2.05) is 0 Å². The Balaban J connectivity index is 1.59. The van der Waals surface area contributed by atoms with E-state index in [0.717, 1.165) is 29.8 Å². The number of carboxylic acid groups (broad SMARTS) is 1. The summed E-state index contributed by atoms with van der Waals surface area (Å²) in [6, 6.07) is 1.09. The van der Waals surface area contributed by atoms with Gasteiger partial charge in [0.05, 0.1) is 6.20 Å². The van der Waals surface area contributed by atoms with E-state index in [4.69, 9.17) is 5.11 Å². The predicted molar refractivity (Wildman–Crippen MR) is 86.3 cm³/mol. The van der Waals surface area contributed by atoms with Gasteiger partial charge >= 0.3 is 12.1 Å². The van der Waals surface area contributed by atoms with Crippen molar-refractivity contribution in [1.82, 2.24) is 24.9 Å². The van der Waals surface area contributed by atoms with Crippen LogP contribution >= 0.6 is 0 Å². The highest BCUT2D eigenvalue weighted by molar-refractivity contribution is 6.03. The summed E-state index contributed by atoms with van der Waals surface area (Å²) >= 11 is 0. The average molecular weight is 385 g/mol. The van der Waals surface area contributed by atoms with Crippen LogP contribution in [-0.4, -0.2) is 43.1 Å². The number of alkyl halides is 3. The Bertz CT molecular complexity index is 867. The normalized spacial score (nSPS) is 14.4. The minimum Gasteiger partial charge on any atom is -0.478 e. The minimum absolute atomic E-state index is 0.0837. The first kappa shape index (κ1) is 18.9. The molecule has 0 bridgehead atoms. The van der Waals surface area contributed by atoms with Gasteiger partial charge in [0.25, 0.3) is 5.91 Å². The number of aryl methyl sites for hydroxylation is 2. The number of aromatic nitrogens is 4. The summed E-state index contributed by atoms with van der Waals surface area (Å²) in [4.78, 5) is 23.3. The quantitative estimate of drug-likeness (QED) is 0.710. The summed E-state index contributed by atoms with van der Waals surface area (Å²) in [7, 11) is 1.45. The summed E-state index contributed by atoms with van der Waals surface area (Å²) < 4.78 is 41.1. The van der Waals surface area contributed by atoms with Crippen LogP contribution in [0.3, 0.4) is 0 Å². The number of carbonyl (C=O) groups is 2. The molecule has 0 saturated heterocycles. The molecule has 146 valence electrons. The van der Waals surface area contributed by atoms with Gasteiger partial charge in [0.1, 0.15) is 11.3 Å². The molecule has 2 N–H and O–H groups in total. The SMILES string of the molecule is Cn1ncc(C(=O)O)c1C(=O)NCCCn1nc(C(F)(F)F)cc1C1CC1. The van der Waals surface area contributed by atoms with Crippen LogP contribution < -0.4 is 5.32 Å². The molecule has 0 atom stereocenters. The standard InChI is InChI=1S/C16H18F3N5O3/c1-23-13(10(8-21-23)15(26)27)14(25)20-5-2-6-24-11(9-3-4-9)7-12(22-24)16(17,18)19/h7-9H,2-6H2,1H3,(H,20,25)(H,26,27). The number of nitrogens with one attached hydrogen (secondary N) is 1. The zero-order chi connectivity index (χ0) is 19.8. The Hall–Kier alpha value is -2.85. The molecular weight excluding hydrogens is 367 g/mol. The van der Waals surface area contributed by atoms with E-state index in [9.17, 15) is 22.8 Å². The Kier molecular flexibility index (Phi) is 4.94. The third kappa shape index (κ3) is 4.12. The smallest absolute Gasteiger partial charge is 0.435 e. The third-order valence-corrected chi connectivity index (χ3v) is 4.31. The average Bonchev–Trinajstić information content (AvgIpc) is 3.20. The van der Waals surface area contributed by atoms with Crippen LogP contribution in [0.15, 0.2) is 12.3 Å². The molecule has 27 heavy (non-hydrogen) atoms. The number of rotatable bonds is 7. The molecule has 2 heterocycles. The van der Waals surface area contributed by atoms with Crippen molar-refractivity contribution >= 4 is 11.9 Å². The molecule has 11 heteroatoms. The monoisotopic (exact) mass is 385 g/mol. The molecule has 1 aliphatic rings. The molecule has 2 aromatic rings. The van der Waals surface area contributed by atoms with Crippen molar-refractivity contribution in [3.8, 4) is 0 Å². The molecule has 0 aliphatic heterocycles. The first-order valence-electron chi connectivity index (χ1n) is 8.37. The lowest BCUT2D eigenvalue weighted by Gasteiger charge is -2.09. The Labute approximate surface area is 152 Å². The number of hydrogen-bond donors (Lipinski definition) is 2. The lowest BCUT2D eigenvalue weighted by Crippen LogP contribution is -2.29. The first-order chi connectivity index (χ1) is 12.7. The summed E-state index contributed by atoms with van der Waals surface area (Å²) in [6.07, 6.45) is -1.36. The van der Waals surface area contributed by atoms with Crippen LogP contribution in [0.2, 0.25) is 0 Å². The minimum atomic E-state index is -4.49. The maximum Gasteiger partial charge on any atom is 0.435 e.